The normalized spacial score (nSPS) is 10.4. The van der Waals surface area contributed by atoms with Crippen molar-refractivity contribution in [3.8, 4) is 11.5 Å². The molecule has 0 atom stereocenters. The maximum absolute atomic E-state index is 11.7. The van der Waals surface area contributed by atoms with Crippen LogP contribution in [0, 0.1) is 0 Å². The molecule has 1 amide bonds. The number of carboxylic acid groups (broad SMARTS) is 1. The van der Waals surface area contributed by atoms with E-state index in [0.29, 0.717) is 23.8 Å². The van der Waals surface area contributed by atoms with E-state index in [1.54, 1.807) is 18.2 Å². The summed E-state index contributed by atoms with van der Waals surface area (Å²) in [6.07, 6.45) is -1.18. The van der Waals surface area contributed by atoms with Crippen LogP contribution in [0.25, 0.3) is 0 Å². The van der Waals surface area contributed by atoms with Crippen LogP contribution in [0.3, 0.4) is 0 Å². The first kappa shape index (κ1) is 20.2. The number of aliphatic hydroxyl groups excluding tert-OH is 1. The highest BCUT2D eigenvalue weighted by molar-refractivity contribution is 5.89. The van der Waals surface area contributed by atoms with E-state index in [1.165, 1.54) is 0 Å². The molecule has 150 valence electrons. The molecule has 29 heavy (non-hydrogen) atoms. The average molecular weight is 393 g/mol. The second-order valence-corrected chi connectivity index (χ2v) is 6.31. The Morgan fingerprint density at radius 2 is 1.38 bits per heavy atom. The van der Waals surface area contributed by atoms with Gasteiger partial charge in [0.15, 0.2) is 11.5 Å². The summed E-state index contributed by atoms with van der Waals surface area (Å²) in [4.78, 5) is 12.8. The molecule has 0 radical (unpaired) electrons. The van der Waals surface area contributed by atoms with Crippen LogP contribution < -0.4 is 14.4 Å². The minimum Gasteiger partial charge on any atom is -0.485 e. The van der Waals surface area contributed by atoms with Crippen molar-refractivity contribution in [1.82, 2.24) is 0 Å². The zero-order chi connectivity index (χ0) is 20.5. The molecule has 0 bridgehead atoms. The van der Waals surface area contributed by atoms with Crippen LogP contribution in [-0.4, -0.2) is 29.5 Å². The maximum Gasteiger partial charge on any atom is 0.412 e. The van der Waals surface area contributed by atoms with E-state index >= 15 is 0 Å². The number of rotatable bonds is 9. The topological polar surface area (TPSA) is 79.2 Å². The summed E-state index contributed by atoms with van der Waals surface area (Å²) in [5.41, 5.74) is 2.26. The summed E-state index contributed by atoms with van der Waals surface area (Å²) in [5, 5.41) is 18.9. The number of anilines is 1. The molecule has 0 fully saturated rings. The van der Waals surface area contributed by atoms with Gasteiger partial charge in [-0.3, -0.25) is 4.90 Å². The Balaban J connectivity index is 1.90. The van der Waals surface area contributed by atoms with Crippen LogP contribution in [0.4, 0.5) is 10.5 Å². The minimum absolute atomic E-state index is 0.0703. The van der Waals surface area contributed by atoms with E-state index in [1.807, 2.05) is 60.7 Å². The van der Waals surface area contributed by atoms with Gasteiger partial charge in [-0.15, -0.1) is 0 Å². The molecular weight excluding hydrogens is 370 g/mol. The molecule has 0 saturated heterocycles. The number of amides is 1. The number of hydrogen-bond donors (Lipinski definition) is 2. The first-order valence-electron chi connectivity index (χ1n) is 9.27. The summed E-state index contributed by atoms with van der Waals surface area (Å²) in [6.45, 7) is 0.198. The van der Waals surface area contributed by atoms with Crippen LogP contribution in [0.1, 0.15) is 11.1 Å². The molecule has 3 aromatic carbocycles. The lowest BCUT2D eigenvalue weighted by Crippen LogP contribution is -2.32. The molecule has 3 rings (SSSR count). The van der Waals surface area contributed by atoms with Crippen molar-refractivity contribution in [3.63, 3.8) is 0 Å². The van der Waals surface area contributed by atoms with E-state index in [0.717, 1.165) is 16.0 Å². The molecule has 0 spiro atoms. The first-order valence-corrected chi connectivity index (χ1v) is 9.27. The third kappa shape index (κ3) is 5.49. The highest BCUT2D eigenvalue weighted by Crippen LogP contribution is 2.39. The molecular formula is C23H23NO5. The van der Waals surface area contributed by atoms with E-state index < -0.39 is 6.09 Å². The minimum atomic E-state index is -1.18. The van der Waals surface area contributed by atoms with Crippen molar-refractivity contribution in [3.05, 3.63) is 90.0 Å². The Morgan fingerprint density at radius 1 is 0.793 bits per heavy atom. The highest BCUT2D eigenvalue weighted by Gasteiger charge is 2.22. The Morgan fingerprint density at radius 3 is 1.93 bits per heavy atom. The molecule has 0 aromatic heterocycles. The molecule has 0 aliphatic rings. The summed E-state index contributed by atoms with van der Waals surface area (Å²) < 4.78 is 12.0. The van der Waals surface area contributed by atoms with Gasteiger partial charge >= 0.3 is 6.09 Å². The second-order valence-electron chi connectivity index (χ2n) is 6.31. The fourth-order valence-corrected chi connectivity index (χ4v) is 2.86. The van der Waals surface area contributed by atoms with Crippen molar-refractivity contribution in [2.45, 2.75) is 13.2 Å². The van der Waals surface area contributed by atoms with E-state index in [9.17, 15) is 15.0 Å². The number of nitrogens with zero attached hydrogens (tertiary/aromatic N) is 1. The predicted molar refractivity (Wildman–Crippen MR) is 110 cm³/mol. The van der Waals surface area contributed by atoms with Gasteiger partial charge < -0.3 is 19.7 Å². The molecule has 0 aliphatic carbocycles. The van der Waals surface area contributed by atoms with E-state index in [-0.39, 0.29) is 19.8 Å². The summed E-state index contributed by atoms with van der Waals surface area (Å²) in [6, 6.07) is 24.4. The van der Waals surface area contributed by atoms with Crippen LogP contribution >= 0.6 is 0 Å². The number of para-hydroxylation sites is 1. The Kier molecular flexibility index (Phi) is 7.08. The molecule has 0 aliphatic heterocycles. The van der Waals surface area contributed by atoms with Crippen LogP contribution in [0.5, 0.6) is 11.5 Å². The summed E-state index contributed by atoms with van der Waals surface area (Å²) in [7, 11) is 0. The number of benzene rings is 3. The van der Waals surface area contributed by atoms with Gasteiger partial charge in [0.2, 0.25) is 0 Å². The van der Waals surface area contributed by atoms with Gasteiger partial charge in [-0.2, -0.15) is 0 Å². The lowest BCUT2D eigenvalue weighted by molar-refractivity contribution is 0.197. The predicted octanol–water partition coefficient (Wildman–Crippen LogP) is 4.32. The molecule has 6 heteroatoms. The van der Waals surface area contributed by atoms with Gasteiger partial charge in [-0.1, -0.05) is 66.7 Å². The standard InChI is InChI=1S/C23H23NO5/c25-15-14-24(23(26)27)20-12-7-13-21(28-16-18-8-3-1-4-9-18)22(20)29-17-19-10-5-2-6-11-19/h1-13,25H,14-17H2,(H,26,27). The molecule has 0 heterocycles. The monoisotopic (exact) mass is 393 g/mol. The lowest BCUT2D eigenvalue weighted by Gasteiger charge is -2.23. The van der Waals surface area contributed by atoms with Crippen molar-refractivity contribution in [2.75, 3.05) is 18.1 Å². The van der Waals surface area contributed by atoms with Crippen molar-refractivity contribution in [2.24, 2.45) is 0 Å². The number of aliphatic hydroxyl groups is 1. The van der Waals surface area contributed by atoms with Gasteiger partial charge in [0.1, 0.15) is 13.2 Å². The van der Waals surface area contributed by atoms with Gasteiger partial charge in [-0.05, 0) is 23.3 Å². The van der Waals surface area contributed by atoms with Crippen molar-refractivity contribution in [1.29, 1.82) is 0 Å². The summed E-state index contributed by atoms with van der Waals surface area (Å²) >= 11 is 0. The maximum atomic E-state index is 11.7. The quantitative estimate of drug-likeness (QED) is 0.566. The number of ether oxygens (including phenoxy) is 2. The summed E-state index contributed by atoms with van der Waals surface area (Å²) in [5.74, 6) is 0.759. The third-order valence-corrected chi connectivity index (χ3v) is 4.27. The first-order chi connectivity index (χ1) is 14.2. The van der Waals surface area contributed by atoms with Crippen molar-refractivity contribution >= 4 is 11.8 Å². The molecule has 0 saturated carbocycles. The van der Waals surface area contributed by atoms with E-state index in [4.69, 9.17) is 9.47 Å². The number of hydrogen-bond acceptors (Lipinski definition) is 4. The second kappa shape index (κ2) is 10.1. The van der Waals surface area contributed by atoms with Gasteiger partial charge in [0.05, 0.1) is 18.8 Å². The van der Waals surface area contributed by atoms with Crippen molar-refractivity contribution < 1.29 is 24.5 Å². The van der Waals surface area contributed by atoms with Crippen LogP contribution in [-0.2, 0) is 13.2 Å². The zero-order valence-corrected chi connectivity index (χ0v) is 15.9. The lowest BCUT2D eigenvalue weighted by atomic mass is 10.2. The van der Waals surface area contributed by atoms with Gasteiger partial charge in [0.25, 0.3) is 0 Å². The highest BCUT2D eigenvalue weighted by atomic mass is 16.5. The van der Waals surface area contributed by atoms with Crippen LogP contribution in [0.15, 0.2) is 78.9 Å². The smallest absolute Gasteiger partial charge is 0.412 e. The average Bonchev–Trinajstić information content (AvgIpc) is 2.76. The number of carbonyl (C=O) groups is 1. The fraction of sp³-hybridized carbons (Fsp3) is 0.174. The fourth-order valence-electron chi connectivity index (χ4n) is 2.86. The zero-order valence-electron chi connectivity index (χ0n) is 15.9. The van der Waals surface area contributed by atoms with Gasteiger partial charge in [-0.25, -0.2) is 4.79 Å². The third-order valence-electron chi connectivity index (χ3n) is 4.27. The van der Waals surface area contributed by atoms with Gasteiger partial charge in [0, 0.05) is 0 Å². The molecule has 0 unspecified atom stereocenters. The largest absolute Gasteiger partial charge is 0.485 e. The Labute approximate surface area is 169 Å². The molecule has 2 N–H and O–H groups in total. The van der Waals surface area contributed by atoms with Crippen LogP contribution in [0.2, 0.25) is 0 Å². The SMILES string of the molecule is O=C(O)N(CCO)c1cccc(OCc2ccccc2)c1OCc1ccccc1. The Bertz CT molecular complexity index is 915. The Hall–Kier alpha value is -3.51. The molecule has 3 aromatic rings. The van der Waals surface area contributed by atoms with E-state index in [2.05, 4.69) is 0 Å². The molecule has 6 nitrogen and oxygen atoms in total.